The van der Waals surface area contributed by atoms with Gasteiger partial charge in [0.25, 0.3) is 0 Å². The van der Waals surface area contributed by atoms with Crippen LogP contribution in [0.1, 0.15) is 25.0 Å². The summed E-state index contributed by atoms with van der Waals surface area (Å²) >= 11 is 0. The minimum absolute atomic E-state index is 0.316. The van der Waals surface area contributed by atoms with Gasteiger partial charge in [-0.05, 0) is 55.8 Å². The molecule has 0 bridgehead atoms. The summed E-state index contributed by atoms with van der Waals surface area (Å²) in [7, 11) is 1.59. The van der Waals surface area contributed by atoms with Crippen LogP contribution in [0.5, 0.6) is 5.75 Å². The van der Waals surface area contributed by atoms with Crippen LogP contribution >= 0.6 is 0 Å². The van der Waals surface area contributed by atoms with E-state index in [0.717, 1.165) is 11.3 Å². The maximum absolute atomic E-state index is 12.5. The zero-order chi connectivity index (χ0) is 19.2. The average molecular weight is 351 g/mol. The molecular weight excluding hydrogens is 330 g/mol. The predicted octanol–water partition coefficient (Wildman–Crippen LogP) is 2.85. The minimum Gasteiger partial charge on any atom is -0.497 e. The van der Waals surface area contributed by atoms with E-state index in [1.165, 1.54) is 0 Å². The number of methoxy groups -OCH3 is 1. The van der Waals surface area contributed by atoms with Gasteiger partial charge in [-0.25, -0.2) is 0 Å². The number of ether oxygens (including phenoxy) is 1. The van der Waals surface area contributed by atoms with Crippen molar-refractivity contribution >= 4 is 17.5 Å². The molecule has 0 fully saturated rings. The fourth-order valence-electron chi connectivity index (χ4n) is 2.17. The topological polar surface area (TPSA) is 91.2 Å². The highest BCUT2D eigenvalue weighted by molar-refractivity contribution is 6.09. The summed E-state index contributed by atoms with van der Waals surface area (Å²) in [5.41, 5.74) is 0.687. The molecule has 0 heterocycles. The summed E-state index contributed by atoms with van der Waals surface area (Å²) in [6.45, 7) is 3.45. The lowest BCUT2D eigenvalue weighted by molar-refractivity contribution is -0.138. The normalized spacial score (nSPS) is 10.5. The van der Waals surface area contributed by atoms with Crippen LogP contribution < -0.4 is 15.4 Å². The molecule has 2 amide bonds. The van der Waals surface area contributed by atoms with Gasteiger partial charge in [0.15, 0.2) is 0 Å². The van der Waals surface area contributed by atoms with Gasteiger partial charge in [0.05, 0.1) is 18.7 Å². The van der Waals surface area contributed by atoms with Gasteiger partial charge in [0.1, 0.15) is 11.2 Å². The fourth-order valence-corrected chi connectivity index (χ4v) is 2.17. The first-order valence-corrected chi connectivity index (χ1v) is 8.09. The number of benzene rings is 2. The second kappa shape index (κ2) is 8.17. The van der Waals surface area contributed by atoms with Gasteiger partial charge in [0.2, 0.25) is 11.8 Å². The molecule has 2 aromatic carbocycles. The SMILES string of the molecule is COc1ccc(CNC(=O)C(C)(C)C(=O)Nc2ccc(C#N)cc2)cc1. The number of carbonyl (C=O) groups excluding carboxylic acids is 2. The largest absolute Gasteiger partial charge is 0.497 e. The minimum atomic E-state index is -1.25. The Kier molecular flexibility index (Phi) is 5.97. The third-order valence-corrected chi connectivity index (χ3v) is 4.02. The zero-order valence-electron chi connectivity index (χ0n) is 15.0. The Morgan fingerprint density at radius 2 is 1.65 bits per heavy atom. The Morgan fingerprint density at radius 3 is 2.19 bits per heavy atom. The van der Waals surface area contributed by atoms with Gasteiger partial charge < -0.3 is 15.4 Å². The first-order valence-electron chi connectivity index (χ1n) is 8.09. The summed E-state index contributed by atoms with van der Waals surface area (Å²) in [5.74, 6) is -0.0592. The molecule has 0 unspecified atom stereocenters. The Labute approximate surface area is 152 Å². The third-order valence-electron chi connectivity index (χ3n) is 4.02. The Bertz CT molecular complexity index is 819. The molecule has 2 aromatic rings. The number of anilines is 1. The molecule has 26 heavy (non-hydrogen) atoms. The van der Waals surface area contributed by atoms with E-state index in [1.54, 1.807) is 45.2 Å². The van der Waals surface area contributed by atoms with Crippen molar-refractivity contribution in [3.05, 3.63) is 59.7 Å². The van der Waals surface area contributed by atoms with Crippen LogP contribution in [-0.4, -0.2) is 18.9 Å². The molecule has 0 aliphatic rings. The lowest BCUT2D eigenvalue weighted by Gasteiger charge is -2.22. The fraction of sp³-hybridized carbons (Fsp3) is 0.250. The molecule has 0 saturated heterocycles. The Morgan fingerprint density at radius 1 is 1.04 bits per heavy atom. The zero-order valence-corrected chi connectivity index (χ0v) is 15.0. The highest BCUT2D eigenvalue weighted by Crippen LogP contribution is 2.20. The Balaban J connectivity index is 1.96. The molecule has 2 N–H and O–H groups in total. The van der Waals surface area contributed by atoms with E-state index in [2.05, 4.69) is 10.6 Å². The van der Waals surface area contributed by atoms with Crippen molar-refractivity contribution in [2.24, 2.45) is 5.41 Å². The quantitative estimate of drug-likeness (QED) is 0.783. The molecule has 6 heteroatoms. The maximum atomic E-state index is 12.5. The first-order chi connectivity index (χ1) is 12.4. The highest BCUT2D eigenvalue weighted by atomic mass is 16.5. The van der Waals surface area contributed by atoms with Crippen molar-refractivity contribution < 1.29 is 14.3 Å². The number of nitrogens with one attached hydrogen (secondary N) is 2. The van der Waals surface area contributed by atoms with Crippen molar-refractivity contribution in [1.82, 2.24) is 5.32 Å². The van der Waals surface area contributed by atoms with Crippen molar-refractivity contribution in [3.8, 4) is 11.8 Å². The molecule has 0 atom stereocenters. The van der Waals surface area contributed by atoms with Crippen molar-refractivity contribution in [2.45, 2.75) is 20.4 Å². The van der Waals surface area contributed by atoms with Gasteiger partial charge >= 0.3 is 0 Å². The predicted molar refractivity (Wildman–Crippen MR) is 98.4 cm³/mol. The number of rotatable bonds is 6. The summed E-state index contributed by atoms with van der Waals surface area (Å²) < 4.78 is 5.09. The number of nitriles is 1. The van der Waals surface area contributed by atoms with Crippen LogP contribution in [0.2, 0.25) is 0 Å². The number of nitrogens with zero attached hydrogens (tertiary/aromatic N) is 1. The number of carbonyl (C=O) groups is 2. The molecule has 0 aliphatic heterocycles. The summed E-state index contributed by atoms with van der Waals surface area (Å²) in [6, 6.07) is 15.8. The molecular formula is C20H21N3O3. The lowest BCUT2D eigenvalue weighted by atomic mass is 9.90. The standard InChI is InChI=1S/C20H21N3O3/c1-20(2,19(25)23-16-8-4-14(12-21)5-9-16)18(24)22-13-15-6-10-17(26-3)11-7-15/h4-11H,13H2,1-3H3,(H,22,24)(H,23,25). The molecule has 0 radical (unpaired) electrons. The second-order valence-electron chi connectivity index (χ2n) is 6.30. The van der Waals surface area contributed by atoms with E-state index in [1.807, 2.05) is 30.3 Å². The maximum Gasteiger partial charge on any atom is 0.239 e. The average Bonchev–Trinajstić information content (AvgIpc) is 2.66. The van der Waals surface area contributed by atoms with Crippen LogP contribution in [-0.2, 0) is 16.1 Å². The summed E-state index contributed by atoms with van der Waals surface area (Å²) in [5, 5.41) is 14.3. The van der Waals surface area contributed by atoms with E-state index in [0.29, 0.717) is 17.8 Å². The first kappa shape index (κ1) is 19.0. The van der Waals surface area contributed by atoms with Gasteiger partial charge in [-0.15, -0.1) is 0 Å². The van der Waals surface area contributed by atoms with Gasteiger partial charge in [-0.2, -0.15) is 5.26 Å². The van der Waals surface area contributed by atoms with Crippen LogP contribution in [0.15, 0.2) is 48.5 Å². The molecule has 2 rings (SSSR count). The van der Waals surface area contributed by atoms with Gasteiger partial charge in [0, 0.05) is 12.2 Å². The van der Waals surface area contributed by atoms with Crippen LogP contribution in [0, 0.1) is 16.7 Å². The van der Waals surface area contributed by atoms with Crippen molar-refractivity contribution in [1.29, 1.82) is 5.26 Å². The smallest absolute Gasteiger partial charge is 0.239 e. The van der Waals surface area contributed by atoms with Crippen LogP contribution in [0.4, 0.5) is 5.69 Å². The number of hydrogen-bond acceptors (Lipinski definition) is 4. The van der Waals surface area contributed by atoms with Gasteiger partial charge in [-0.1, -0.05) is 12.1 Å². The summed E-state index contributed by atoms with van der Waals surface area (Å²) in [6.07, 6.45) is 0. The van der Waals surface area contributed by atoms with Crippen LogP contribution in [0.25, 0.3) is 0 Å². The van der Waals surface area contributed by atoms with E-state index >= 15 is 0 Å². The van der Waals surface area contributed by atoms with E-state index in [4.69, 9.17) is 10.00 Å². The van der Waals surface area contributed by atoms with E-state index in [-0.39, 0.29) is 5.91 Å². The number of amides is 2. The number of hydrogen-bond donors (Lipinski definition) is 2. The lowest BCUT2D eigenvalue weighted by Crippen LogP contribution is -2.44. The molecule has 6 nitrogen and oxygen atoms in total. The molecule has 0 aliphatic carbocycles. The molecule has 0 spiro atoms. The van der Waals surface area contributed by atoms with Crippen molar-refractivity contribution in [3.63, 3.8) is 0 Å². The van der Waals surface area contributed by atoms with Crippen molar-refractivity contribution in [2.75, 3.05) is 12.4 Å². The second-order valence-corrected chi connectivity index (χ2v) is 6.30. The van der Waals surface area contributed by atoms with Crippen LogP contribution in [0.3, 0.4) is 0 Å². The molecule has 134 valence electrons. The third kappa shape index (κ3) is 4.61. The van der Waals surface area contributed by atoms with E-state index in [9.17, 15) is 9.59 Å². The highest BCUT2D eigenvalue weighted by Gasteiger charge is 2.35. The Hall–Kier alpha value is -3.33. The van der Waals surface area contributed by atoms with E-state index < -0.39 is 11.3 Å². The monoisotopic (exact) mass is 351 g/mol. The molecule has 0 saturated carbocycles. The van der Waals surface area contributed by atoms with Gasteiger partial charge in [-0.3, -0.25) is 9.59 Å². The summed E-state index contributed by atoms with van der Waals surface area (Å²) in [4.78, 5) is 24.9. The molecule has 0 aromatic heterocycles.